The van der Waals surface area contributed by atoms with Crippen LogP contribution in [0.25, 0.3) is 11.5 Å². The first-order chi connectivity index (χ1) is 15.1. The highest BCUT2D eigenvalue weighted by Gasteiger charge is 2.21. The molecule has 0 spiro atoms. The van der Waals surface area contributed by atoms with E-state index in [0.29, 0.717) is 18.2 Å². The SMILES string of the molecule is CCNC(=NCc1coc(-c2ccc(C)cc2)n1)N1CCN(c2ccccc2O)CC1.I. The summed E-state index contributed by atoms with van der Waals surface area (Å²) in [4.78, 5) is 13.8. The molecule has 1 saturated heterocycles. The van der Waals surface area contributed by atoms with E-state index < -0.39 is 0 Å². The number of nitrogens with zero attached hydrogens (tertiary/aromatic N) is 4. The van der Waals surface area contributed by atoms with Crippen molar-refractivity contribution in [2.45, 2.75) is 20.4 Å². The number of aromatic nitrogens is 1. The summed E-state index contributed by atoms with van der Waals surface area (Å²) in [6, 6.07) is 15.6. The molecule has 0 bridgehead atoms. The van der Waals surface area contributed by atoms with E-state index in [1.807, 2.05) is 30.3 Å². The first kappa shape index (κ1) is 23.9. The van der Waals surface area contributed by atoms with Crippen LogP contribution in [0.3, 0.4) is 0 Å². The summed E-state index contributed by atoms with van der Waals surface area (Å²) >= 11 is 0. The highest BCUT2D eigenvalue weighted by atomic mass is 127. The van der Waals surface area contributed by atoms with Crippen molar-refractivity contribution < 1.29 is 9.52 Å². The van der Waals surface area contributed by atoms with Crippen molar-refractivity contribution >= 4 is 35.6 Å². The lowest BCUT2D eigenvalue weighted by Gasteiger charge is -2.37. The quantitative estimate of drug-likeness (QED) is 0.283. The lowest BCUT2D eigenvalue weighted by molar-refractivity contribution is 0.369. The van der Waals surface area contributed by atoms with Crippen molar-refractivity contribution in [1.29, 1.82) is 0 Å². The van der Waals surface area contributed by atoms with E-state index in [4.69, 9.17) is 9.41 Å². The summed E-state index contributed by atoms with van der Waals surface area (Å²) in [5, 5.41) is 13.5. The number of piperazine rings is 1. The predicted molar refractivity (Wildman–Crippen MR) is 139 cm³/mol. The van der Waals surface area contributed by atoms with Gasteiger partial charge in [0.1, 0.15) is 17.7 Å². The van der Waals surface area contributed by atoms with Crippen molar-refractivity contribution in [3.05, 3.63) is 66.1 Å². The molecule has 8 heteroatoms. The maximum absolute atomic E-state index is 10.1. The molecule has 7 nitrogen and oxygen atoms in total. The first-order valence-electron chi connectivity index (χ1n) is 10.7. The molecule has 3 aromatic rings. The third kappa shape index (κ3) is 5.73. The van der Waals surface area contributed by atoms with Crippen LogP contribution in [0.15, 0.2) is 64.2 Å². The van der Waals surface area contributed by atoms with Crippen LogP contribution in [0.5, 0.6) is 5.75 Å². The molecule has 0 radical (unpaired) electrons. The smallest absolute Gasteiger partial charge is 0.226 e. The van der Waals surface area contributed by atoms with Crippen LogP contribution in [-0.4, -0.2) is 53.7 Å². The van der Waals surface area contributed by atoms with E-state index in [2.05, 4.69) is 46.1 Å². The maximum atomic E-state index is 10.1. The summed E-state index contributed by atoms with van der Waals surface area (Å²) in [5.41, 5.74) is 3.86. The third-order valence-electron chi connectivity index (χ3n) is 5.38. The van der Waals surface area contributed by atoms with Gasteiger partial charge in [-0.25, -0.2) is 9.98 Å². The number of aliphatic imine (C=N–C) groups is 1. The minimum absolute atomic E-state index is 0. The van der Waals surface area contributed by atoms with Crippen molar-refractivity contribution in [1.82, 2.24) is 15.2 Å². The molecule has 0 saturated carbocycles. The molecule has 0 atom stereocenters. The molecule has 170 valence electrons. The van der Waals surface area contributed by atoms with E-state index in [0.717, 1.165) is 55.6 Å². The topological polar surface area (TPSA) is 77.1 Å². The van der Waals surface area contributed by atoms with Crippen LogP contribution >= 0.6 is 24.0 Å². The largest absolute Gasteiger partial charge is 0.506 e. The van der Waals surface area contributed by atoms with Crippen molar-refractivity contribution in [2.75, 3.05) is 37.6 Å². The number of para-hydroxylation sites is 2. The third-order valence-corrected chi connectivity index (χ3v) is 5.38. The molecule has 2 heterocycles. The zero-order valence-electron chi connectivity index (χ0n) is 18.5. The van der Waals surface area contributed by atoms with Crippen LogP contribution in [-0.2, 0) is 6.54 Å². The van der Waals surface area contributed by atoms with E-state index in [-0.39, 0.29) is 24.0 Å². The molecule has 1 aliphatic heterocycles. The number of rotatable bonds is 5. The number of hydrogen-bond donors (Lipinski definition) is 2. The van der Waals surface area contributed by atoms with Gasteiger partial charge < -0.3 is 24.6 Å². The van der Waals surface area contributed by atoms with Gasteiger partial charge in [-0.15, -0.1) is 24.0 Å². The molecule has 4 rings (SSSR count). The Morgan fingerprint density at radius 1 is 1.09 bits per heavy atom. The van der Waals surface area contributed by atoms with Crippen LogP contribution in [0.1, 0.15) is 18.2 Å². The number of halogens is 1. The maximum Gasteiger partial charge on any atom is 0.226 e. The van der Waals surface area contributed by atoms with Crippen molar-refractivity contribution in [3.8, 4) is 17.2 Å². The molecule has 1 aromatic heterocycles. The minimum Gasteiger partial charge on any atom is -0.506 e. The van der Waals surface area contributed by atoms with Crippen LogP contribution in [0.2, 0.25) is 0 Å². The number of anilines is 1. The van der Waals surface area contributed by atoms with Gasteiger partial charge in [0.25, 0.3) is 0 Å². The Balaban J connectivity index is 0.00000289. The monoisotopic (exact) mass is 547 g/mol. The standard InChI is InChI=1S/C24H29N5O2.HI/c1-3-25-24(29-14-12-28(13-15-29)21-6-4-5-7-22(21)30)26-16-20-17-31-23(27-20)19-10-8-18(2)9-11-19;/h4-11,17,30H,3,12-16H2,1-2H3,(H,25,26);1H. The summed E-state index contributed by atoms with van der Waals surface area (Å²) in [6.45, 7) is 8.68. The van der Waals surface area contributed by atoms with Crippen LogP contribution < -0.4 is 10.2 Å². The summed E-state index contributed by atoms with van der Waals surface area (Å²) in [7, 11) is 0. The Kier molecular flexibility index (Phi) is 8.38. The second kappa shape index (κ2) is 11.2. The molecule has 0 unspecified atom stereocenters. The first-order valence-corrected chi connectivity index (χ1v) is 10.7. The average molecular weight is 547 g/mol. The number of aromatic hydroxyl groups is 1. The van der Waals surface area contributed by atoms with Gasteiger partial charge >= 0.3 is 0 Å². The number of nitrogens with one attached hydrogen (secondary N) is 1. The average Bonchev–Trinajstić information content (AvgIpc) is 3.27. The van der Waals surface area contributed by atoms with Gasteiger partial charge in [-0.3, -0.25) is 0 Å². The highest BCUT2D eigenvalue weighted by molar-refractivity contribution is 14.0. The Labute approximate surface area is 206 Å². The molecule has 0 amide bonds. The number of aryl methyl sites for hydroxylation is 1. The van der Waals surface area contributed by atoms with Gasteiger partial charge in [-0.2, -0.15) is 0 Å². The van der Waals surface area contributed by atoms with Crippen molar-refractivity contribution in [2.24, 2.45) is 4.99 Å². The second-order valence-electron chi connectivity index (χ2n) is 7.64. The lowest BCUT2D eigenvalue weighted by Crippen LogP contribution is -2.52. The molecule has 0 aliphatic carbocycles. The molecule has 1 aliphatic rings. The number of guanidine groups is 1. The van der Waals surface area contributed by atoms with Gasteiger partial charge in [-0.1, -0.05) is 29.8 Å². The van der Waals surface area contributed by atoms with E-state index >= 15 is 0 Å². The number of phenols is 1. The van der Waals surface area contributed by atoms with Gasteiger partial charge in [0.15, 0.2) is 5.96 Å². The lowest BCUT2D eigenvalue weighted by atomic mass is 10.1. The van der Waals surface area contributed by atoms with Gasteiger partial charge in [0.2, 0.25) is 5.89 Å². The number of hydrogen-bond acceptors (Lipinski definition) is 5. The fourth-order valence-electron chi connectivity index (χ4n) is 3.68. The summed E-state index contributed by atoms with van der Waals surface area (Å²) < 4.78 is 5.66. The Morgan fingerprint density at radius 2 is 1.81 bits per heavy atom. The van der Waals surface area contributed by atoms with Gasteiger partial charge in [-0.05, 0) is 38.1 Å². The summed E-state index contributed by atoms with van der Waals surface area (Å²) in [6.07, 6.45) is 1.68. The molecule has 2 N–H and O–H groups in total. The predicted octanol–water partition coefficient (Wildman–Crippen LogP) is 4.26. The molecular formula is C24H30IN5O2. The number of phenolic OH excluding ortho intramolecular Hbond substituents is 1. The van der Waals surface area contributed by atoms with Crippen molar-refractivity contribution in [3.63, 3.8) is 0 Å². The zero-order chi connectivity index (χ0) is 21.6. The molecule has 32 heavy (non-hydrogen) atoms. The molecular weight excluding hydrogens is 517 g/mol. The Hall–Kier alpha value is -2.75. The van der Waals surface area contributed by atoms with Gasteiger partial charge in [0.05, 0.1) is 12.2 Å². The highest BCUT2D eigenvalue weighted by Crippen LogP contribution is 2.27. The molecule has 1 fully saturated rings. The Bertz CT molecular complexity index is 1030. The van der Waals surface area contributed by atoms with E-state index in [1.54, 1.807) is 12.3 Å². The Morgan fingerprint density at radius 3 is 2.50 bits per heavy atom. The minimum atomic E-state index is 0. The zero-order valence-corrected chi connectivity index (χ0v) is 20.8. The van der Waals surface area contributed by atoms with E-state index in [9.17, 15) is 5.11 Å². The fraction of sp³-hybridized carbons (Fsp3) is 0.333. The second-order valence-corrected chi connectivity index (χ2v) is 7.64. The summed E-state index contributed by atoms with van der Waals surface area (Å²) in [5.74, 6) is 1.82. The molecule has 2 aromatic carbocycles. The van der Waals surface area contributed by atoms with Crippen LogP contribution in [0, 0.1) is 6.92 Å². The van der Waals surface area contributed by atoms with E-state index in [1.165, 1.54) is 5.56 Å². The van der Waals surface area contributed by atoms with Crippen LogP contribution in [0.4, 0.5) is 5.69 Å². The number of benzene rings is 2. The van der Waals surface area contributed by atoms with Gasteiger partial charge in [0, 0.05) is 38.3 Å². The fourth-order valence-corrected chi connectivity index (χ4v) is 3.68. The normalized spacial score (nSPS) is 14.2. The number of oxazole rings is 1.